The monoisotopic (exact) mass is 396 g/mol. The molecule has 1 saturated heterocycles. The highest BCUT2D eigenvalue weighted by molar-refractivity contribution is 6.08. The van der Waals surface area contributed by atoms with Crippen LogP contribution >= 0.6 is 0 Å². The quantitative estimate of drug-likeness (QED) is 0.615. The Balaban J connectivity index is 1.30. The van der Waals surface area contributed by atoms with Gasteiger partial charge in [-0.2, -0.15) is 0 Å². The lowest BCUT2D eigenvalue weighted by molar-refractivity contribution is -0.144. The van der Waals surface area contributed by atoms with E-state index in [4.69, 9.17) is 0 Å². The molecule has 2 saturated carbocycles. The van der Waals surface area contributed by atoms with Gasteiger partial charge < -0.3 is 5.32 Å². The lowest BCUT2D eigenvalue weighted by Gasteiger charge is -2.26. The number of likely N-dealkylation sites (tertiary alicyclic amines) is 1. The summed E-state index contributed by atoms with van der Waals surface area (Å²) in [6.07, 6.45) is 9.20. The first-order valence-corrected chi connectivity index (χ1v) is 10.6. The first-order valence-electron chi connectivity index (χ1n) is 10.6. The van der Waals surface area contributed by atoms with Crippen molar-refractivity contribution in [2.75, 3.05) is 6.54 Å². The van der Waals surface area contributed by atoms with Crippen LogP contribution < -0.4 is 5.32 Å². The predicted molar refractivity (Wildman–Crippen MR) is 104 cm³/mol. The summed E-state index contributed by atoms with van der Waals surface area (Å²) in [5, 5.41) is 3.04. The van der Waals surface area contributed by atoms with Crippen molar-refractivity contribution in [3.8, 4) is 0 Å². The molecule has 3 amide bonds. The van der Waals surface area contributed by atoms with Crippen molar-refractivity contribution in [3.05, 3.63) is 47.8 Å². The maximum absolute atomic E-state index is 13.4. The van der Waals surface area contributed by atoms with Gasteiger partial charge in [-0.25, -0.2) is 4.39 Å². The normalized spacial score (nSPS) is 31.6. The number of carbonyl (C=O) groups excluding carboxylic acids is 3. The number of halogens is 1. The molecule has 5 nitrogen and oxygen atoms in total. The number of hydrogen-bond acceptors (Lipinski definition) is 3. The molecule has 3 aliphatic carbocycles. The van der Waals surface area contributed by atoms with Gasteiger partial charge in [0.25, 0.3) is 0 Å². The number of rotatable bonds is 5. The average Bonchev–Trinajstić information content (AvgIpc) is 3.49. The summed E-state index contributed by atoms with van der Waals surface area (Å²) in [6, 6.07) is 5.99. The zero-order chi connectivity index (χ0) is 20.1. The van der Waals surface area contributed by atoms with Crippen LogP contribution in [0.2, 0.25) is 0 Å². The minimum absolute atomic E-state index is 0.139. The van der Waals surface area contributed by atoms with Crippen LogP contribution in [0.5, 0.6) is 0 Å². The largest absolute Gasteiger partial charge is 0.347 e. The highest BCUT2D eigenvalue weighted by Crippen LogP contribution is 2.52. The Morgan fingerprint density at radius 3 is 2.21 bits per heavy atom. The second-order valence-corrected chi connectivity index (χ2v) is 8.90. The summed E-state index contributed by atoms with van der Waals surface area (Å²) in [7, 11) is 0. The molecule has 1 aliphatic heterocycles. The summed E-state index contributed by atoms with van der Waals surface area (Å²) in [4.78, 5) is 39.7. The Morgan fingerprint density at radius 1 is 1.03 bits per heavy atom. The minimum Gasteiger partial charge on any atom is -0.347 e. The Bertz CT molecular complexity index is 845. The first kappa shape index (κ1) is 18.5. The molecular weight excluding hydrogens is 371 g/mol. The smallest absolute Gasteiger partial charge is 0.240 e. The molecule has 1 aromatic carbocycles. The van der Waals surface area contributed by atoms with Crippen LogP contribution in [0.4, 0.5) is 4.39 Å². The second kappa shape index (κ2) is 7.08. The van der Waals surface area contributed by atoms with Gasteiger partial charge >= 0.3 is 0 Å². The number of allylic oxidation sites excluding steroid dienone is 2. The number of nitrogens with zero attached hydrogens (tertiary/aromatic N) is 1. The Labute approximate surface area is 169 Å². The molecule has 6 heteroatoms. The molecule has 29 heavy (non-hydrogen) atoms. The van der Waals surface area contributed by atoms with Gasteiger partial charge in [-0.15, -0.1) is 0 Å². The molecule has 0 radical (unpaired) electrons. The van der Waals surface area contributed by atoms with Crippen molar-refractivity contribution in [2.45, 2.75) is 38.1 Å². The summed E-state index contributed by atoms with van der Waals surface area (Å²) in [5.41, 5.74) is 0.866. The van der Waals surface area contributed by atoms with Crippen LogP contribution in [0.1, 0.15) is 43.7 Å². The van der Waals surface area contributed by atoms with E-state index < -0.39 is 0 Å². The third kappa shape index (κ3) is 3.09. The van der Waals surface area contributed by atoms with Gasteiger partial charge in [0.05, 0.1) is 17.9 Å². The van der Waals surface area contributed by atoms with Crippen molar-refractivity contribution in [2.24, 2.45) is 29.6 Å². The fourth-order valence-electron chi connectivity index (χ4n) is 5.92. The van der Waals surface area contributed by atoms with E-state index in [0.29, 0.717) is 0 Å². The van der Waals surface area contributed by atoms with E-state index >= 15 is 0 Å². The van der Waals surface area contributed by atoms with Crippen molar-refractivity contribution in [3.63, 3.8) is 0 Å². The van der Waals surface area contributed by atoms with Crippen LogP contribution in [0, 0.1) is 35.4 Å². The Kier molecular flexibility index (Phi) is 4.52. The summed E-state index contributed by atoms with van der Waals surface area (Å²) in [6.45, 7) is -0.228. The summed E-state index contributed by atoms with van der Waals surface area (Å²) >= 11 is 0. The van der Waals surface area contributed by atoms with E-state index in [1.165, 1.54) is 12.1 Å². The van der Waals surface area contributed by atoms with Crippen molar-refractivity contribution in [1.29, 1.82) is 0 Å². The number of nitrogens with one attached hydrogen (secondary N) is 1. The highest BCUT2D eigenvalue weighted by Gasteiger charge is 2.59. The Morgan fingerprint density at radius 2 is 1.62 bits per heavy atom. The molecule has 5 unspecified atom stereocenters. The number of carbonyl (C=O) groups is 3. The molecule has 1 aromatic rings. The van der Waals surface area contributed by atoms with Crippen molar-refractivity contribution >= 4 is 17.7 Å². The number of fused-ring (bicyclic) bond motifs is 5. The fourth-order valence-corrected chi connectivity index (χ4v) is 5.92. The van der Waals surface area contributed by atoms with Crippen molar-refractivity contribution < 1.29 is 18.8 Å². The SMILES string of the molecule is O=C(CN1C(=O)C2C3C=CC(C3)C2C1=O)NC(c1ccc(F)cc1)C1CCCC1. The van der Waals surface area contributed by atoms with E-state index in [1.807, 2.05) is 12.2 Å². The van der Waals surface area contributed by atoms with Crippen molar-refractivity contribution in [1.82, 2.24) is 10.2 Å². The molecule has 152 valence electrons. The standard InChI is InChI=1S/C23H25FN2O3/c24-17-9-7-14(8-10-17)21(13-3-1-2-4-13)25-18(27)12-26-22(28)19-15-5-6-16(11-15)20(19)23(26)29/h5-10,13,15-16,19-21H,1-4,11-12H2,(H,25,27). The van der Waals surface area contributed by atoms with E-state index in [1.54, 1.807) is 12.1 Å². The predicted octanol–water partition coefficient (Wildman–Crippen LogP) is 2.98. The molecule has 3 fully saturated rings. The van der Waals surface area contributed by atoms with Crippen LogP contribution in [0.3, 0.4) is 0 Å². The lowest BCUT2D eigenvalue weighted by atomic mass is 9.85. The maximum atomic E-state index is 13.4. The lowest BCUT2D eigenvalue weighted by Crippen LogP contribution is -2.43. The molecule has 4 aliphatic rings. The maximum Gasteiger partial charge on any atom is 0.240 e. The minimum atomic E-state index is -0.326. The van der Waals surface area contributed by atoms with Crippen LogP contribution in [0.25, 0.3) is 0 Å². The molecule has 5 rings (SSSR count). The molecule has 0 spiro atoms. The highest BCUT2D eigenvalue weighted by atomic mass is 19.1. The molecule has 0 aromatic heterocycles. The van der Waals surface area contributed by atoms with Gasteiger partial charge in [0.1, 0.15) is 12.4 Å². The van der Waals surface area contributed by atoms with Gasteiger partial charge in [0.15, 0.2) is 0 Å². The number of hydrogen-bond donors (Lipinski definition) is 1. The molecule has 2 bridgehead atoms. The van der Waals surface area contributed by atoms with E-state index in [9.17, 15) is 18.8 Å². The van der Waals surface area contributed by atoms with Gasteiger partial charge in [-0.1, -0.05) is 37.1 Å². The van der Waals surface area contributed by atoms with Gasteiger partial charge in [-0.3, -0.25) is 19.3 Å². The van der Waals surface area contributed by atoms with Gasteiger partial charge in [0, 0.05) is 0 Å². The van der Waals surface area contributed by atoms with Crippen LogP contribution in [0.15, 0.2) is 36.4 Å². The average molecular weight is 396 g/mol. The molecular formula is C23H25FN2O3. The van der Waals surface area contributed by atoms with E-state index in [-0.39, 0.29) is 65.7 Å². The van der Waals surface area contributed by atoms with Gasteiger partial charge in [0.2, 0.25) is 17.7 Å². The van der Waals surface area contributed by atoms with E-state index in [2.05, 4.69) is 5.32 Å². The fraction of sp³-hybridized carbons (Fsp3) is 0.522. The third-order valence-electron chi connectivity index (χ3n) is 7.28. The molecule has 1 heterocycles. The van der Waals surface area contributed by atoms with Crippen LogP contribution in [-0.2, 0) is 14.4 Å². The number of amides is 3. The third-order valence-corrected chi connectivity index (χ3v) is 7.28. The summed E-state index contributed by atoms with van der Waals surface area (Å²) in [5.74, 6) is -1.05. The summed E-state index contributed by atoms with van der Waals surface area (Å²) < 4.78 is 13.4. The van der Waals surface area contributed by atoms with Gasteiger partial charge in [-0.05, 0) is 54.7 Å². The first-order chi connectivity index (χ1) is 14.0. The number of benzene rings is 1. The number of imide groups is 1. The second-order valence-electron chi connectivity index (χ2n) is 8.90. The molecule has 1 N–H and O–H groups in total. The van der Waals surface area contributed by atoms with E-state index in [0.717, 1.165) is 42.6 Å². The zero-order valence-corrected chi connectivity index (χ0v) is 16.2. The molecule has 5 atom stereocenters. The zero-order valence-electron chi connectivity index (χ0n) is 16.2. The van der Waals surface area contributed by atoms with Crippen LogP contribution in [-0.4, -0.2) is 29.2 Å². The topological polar surface area (TPSA) is 66.5 Å². The Hall–Kier alpha value is -2.50.